The molecule has 3 saturated carbocycles. The molecule has 3 heteroatoms. The van der Waals surface area contributed by atoms with Crippen LogP contribution in [0.3, 0.4) is 0 Å². The van der Waals surface area contributed by atoms with Crippen molar-refractivity contribution in [3.05, 3.63) is 47.5 Å². The van der Waals surface area contributed by atoms with Crippen LogP contribution in [-0.2, 0) is 16.1 Å². The van der Waals surface area contributed by atoms with Crippen molar-refractivity contribution in [3.63, 3.8) is 0 Å². The molecular formula is C35H52O3. The maximum absolute atomic E-state index is 12.4. The highest BCUT2D eigenvalue weighted by atomic mass is 16.7. The van der Waals surface area contributed by atoms with Crippen molar-refractivity contribution in [1.82, 2.24) is 0 Å². The van der Waals surface area contributed by atoms with Crippen molar-refractivity contribution >= 4 is 6.16 Å². The van der Waals surface area contributed by atoms with E-state index in [9.17, 15) is 4.79 Å². The van der Waals surface area contributed by atoms with Gasteiger partial charge in [-0.3, -0.25) is 0 Å². The third kappa shape index (κ3) is 5.46. The maximum atomic E-state index is 12.4. The van der Waals surface area contributed by atoms with E-state index >= 15 is 0 Å². The molecule has 0 spiro atoms. The molecule has 3 nitrogen and oxygen atoms in total. The Kier molecular flexibility index (Phi) is 8.32. The van der Waals surface area contributed by atoms with E-state index in [2.05, 4.69) is 40.7 Å². The van der Waals surface area contributed by atoms with Crippen LogP contribution in [0.4, 0.5) is 4.79 Å². The van der Waals surface area contributed by atoms with Gasteiger partial charge in [0.2, 0.25) is 0 Å². The molecule has 3 fully saturated rings. The van der Waals surface area contributed by atoms with Crippen LogP contribution in [0, 0.1) is 46.3 Å². The molecule has 0 N–H and O–H groups in total. The van der Waals surface area contributed by atoms with Gasteiger partial charge in [-0.1, -0.05) is 95.9 Å². The fourth-order valence-electron chi connectivity index (χ4n) is 9.64. The van der Waals surface area contributed by atoms with E-state index < -0.39 is 6.16 Å². The molecule has 3 unspecified atom stereocenters. The van der Waals surface area contributed by atoms with E-state index in [1.807, 2.05) is 30.3 Å². The van der Waals surface area contributed by atoms with Crippen molar-refractivity contribution in [2.24, 2.45) is 46.3 Å². The smallest absolute Gasteiger partial charge is 0.431 e. The first-order valence-electron chi connectivity index (χ1n) is 15.8. The Morgan fingerprint density at radius 2 is 1.76 bits per heavy atom. The van der Waals surface area contributed by atoms with Crippen molar-refractivity contribution in [1.29, 1.82) is 0 Å². The quantitative estimate of drug-likeness (QED) is 0.253. The standard InChI is InChI=1S/C35H52O3/c1-24(2)10-9-11-25(3)30-16-17-31-29-15-14-27-22-28(38-33(36)37-23-26-12-7-6-8-13-26)18-20-34(27,4)32(29)19-21-35(30,31)5/h6-8,12-14,24-25,28-32H,9-11,15-23H2,1-5H3/t25-,28+,29?,30-,31?,32?,34+,35-/m1/s1. The van der Waals surface area contributed by atoms with Crippen molar-refractivity contribution in [3.8, 4) is 0 Å². The second kappa shape index (κ2) is 11.4. The molecule has 0 saturated heterocycles. The summed E-state index contributed by atoms with van der Waals surface area (Å²) in [5.41, 5.74) is 3.36. The van der Waals surface area contributed by atoms with E-state index in [-0.39, 0.29) is 18.1 Å². The number of hydrogen-bond acceptors (Lipinski definition) is 3. The third-order valence-corrected chi connectivity index (χ3v) is 11.7. The van der Waals surface area contributed by atoms with Crippen LogP contribution in [0.15, 0.2) is 42.0 Å². The van der Waals surface area contributed by atoms with Gasteiger partial charge in [0.1, 0.15) is 12.7 Å². The Balaban J connectivity index is 1.19. The van der Waals surface area contributed by atoms with Crippen LogP contribution in [0.2, 0.25) is 0 Å². The van der Waals surface area contributed by atoms with Gasteiger partial charge < -0.3 is 9.47 Å². The number of rotatable bonds is 8. The van der Waals surface area contributed by atoms with Crippen LogP contribution in [0.5, 0.6) is 0 Å². The first-order chi connectivity index (χ1) is 18.2. The monoisotopic (exact) mass is 520 g/mol. The summed E-state index contributed by atoms with van der Waals surface area (Å²) in [5.74, 6) is 5.11. The fraction of sp³-hybridized carbons (Fsp3) is 0.743. The van der Waals surface area contributed by atoms with Gasteiger partial charge in [-0.2, -0.15) is 0 Å². The predicted molar refractivity (Wildman–Crippen MR) is 155 cm³/mol. The molecule has 38 heavy (non-hydrogen) atoms. The van der Waals surface area contributed by atoms with Gasteiger partial charge in [-0.25, -0.2) is 4.79 Å². The van der Waals surface area contributed by atoms with Crippen molar-refractivity contribution < 1.29 is 14.3 Å². The predicted octanol–water partition coefficient (Wildman–Crippen LogP) is 9.75. The zero-order valence-corrected chi connectivity index (χ0v) is 24.7. The number of carbonyl (C=O) groups is 1. The van der Waals surface area contributed by atoms with E-state index in [0.717, 1.165) is 60.3 Å². The second-order valence-electron chi connectivity index (χ2n) is 14.3. The Bertz CT molecular complexity index is 982. The average Bonchev–Trinajstić information content (AvgIpc) is 3.25. The maximum Gasteiger partial charge on any atom is 0.508 e. The summed E-state index contributed by atoms with van der Waals surface area (Å²) >= 11 is 0. The summed E-state index contributed by atoms with van der Waals surface area (Å²) in [6.07, 6.45) is 16.1. The summed E-state index contributed by atoms with van der Waals surface area (Å²) in [6.45, 7) is 12.8. The van der Waals surface area contributed by atoms with Gasteiger partial charge in [0.25, 0.3) is 0 Å². The molecule has 0 heterocycles. The minimum atomic E-state index is -0.523. The molecule has 0 aromatic heterocycles. The van der Waals surface area contributed by atoms with E-state index in [4.69, 9.17) is 9.47 Å². The highest BCUT2D eigenvalue weighted by molar-refractivity contribution is 5.60. The molecule has 0 aliphatic heterocycles. The van der Waals surface area contributed by atoms with E-state index in [1.165, 1.54) is 51.4 Å². The average molecular weight is 521 g/mol. The first kappa shape index (κ1) is 27.8. The van der Waals surface area contributed by atoms with Gasteiger partial charge in [0.15, 0.2) is 0 Å². The Morgan fingerprint density at radius 3 is 2.53 bits per heavy atom. The molecule has 0 radical (unpaired) electrons. The van der Waals surface area contributed by atoms with Crippen LogP contribution in [0.1, 0.15) is 111 Å². The molecule has 4 aliphatic rings. The summed E-state index contributed by atoms with van der Waals surface area (Å²) in [6, 6.07) is 9.83. The summed E-state index contributed by atoms with van der Waals surface area (Å²) in [4.78, 5) is 12.4. The summed E-state index contributed by atoms with van der Waals surface area (Å²) < 4.78 is 11.2. The topological polar surface area (TPSA) is 35.5 Å². The van der Waals surface area contributed by atoms with Crippen LogP contribution >= 0.6 is 0 Å². The fourth-order valence-corrected chi connectivity index (χ4v) is 9.64. The third-order valence-electron chi connectivity index (χ3n) is 11.7. The largest absolute Gasteiger partial charge is 0.508 e. The van der Waals surface area contributed by atoms with Gasteiger partial charge >= 0.3 is 6.16 Å². The molecule has 0 bridgehead atoms. The first-order valence-corrected chi connectivity index (χ1v) is 15.8. The van der Waals surface area contributed by atoms with Gasteiger partial charge in [0.05, 0.1) is 0 Å². The van der Waals surface area contributed by atoms with E-state index in [0.29, 0.717) is 5.41 Å². The molecule has 1 aromatic carbocycles. The molecule has 1 aromatic rings. The second-order valence-corrected chi connectivity index (χ2v) is 14.3. The van der Waals surface area contributed by atoms with Crippen LogP contribution in [0.25, 0.3) is 0 Å². The number of carbonyl (C=O) groups excluding carboxylic acids is 1. The SMILES string of the molecule is CC(C)CCC[C@@H](C)[C@H]1CCC2C3CC=C4C[C@@H](OC(=O)OCc5ccccc5)CC[C@]4(C)C3CC[C@@]21C. The number of ether oxygens (including phenoxy) is 2. The molecule has 4 aliphatic carbocycles. The normalized spacial score (nSPS) is 37.0. The molecule has 0 amide bonds. The van der Waals surface area contributed by atoms with Crippen molar-refractivity contribution in [2.45, 2.75) is 118 Å². The summed E-state index contributed by atoms with van der Waals surface area (Å²) in [7, 11) is 0. The zero-order chi connectivity index (χ0) is 26.9. The van der Waals surface area contributed by atoms with Crippen LogP contribution < -0.4 is 0 Å². The Morgan fingerprint density at radius 1 is 0.974 bits per heavy atom. The summed E-state index contributed by atoms with van der Waals surface area (Å²) in [5, 5.41) is 0. The lowest BCUT2D eigenvalue weighted by atomic mass is 9.47. The molecule has 5 rings (SSSR count). The lowest BCUT2D eigenvalue weighted by molar-refractivity contribution is -0.0620. The van der Waals surface area contributed by atoms with E-state index in [1.54, 1.807) is 5.57 Å². The van der Waals surface area contributed by atoms with Crippen molar-refractivity contribution in [2.75, 3.05) is 0 Å². The lowest BCUT2D eigenvalue weighted by Gasteiger charge is -2.58. The highest BCUT2D eigenvalue weighted by Gasteiger charge is 2.59. The number of benzene rings is 1. The lowest BCUT2D eigenvalue weighted by Crippen LogP contribution is -2.51. The number of hydrogen-bond donors (Lipinski definition) is 0. The highest BCUT2D eigenvalue weighted by Crippen LogP contribution is 2.67. The Hall–Kier alpha value is -1.77. The number of allylic oxidation sites excluding steroid dienone is 1. The number of fused-ring (bicyclic) bond motifs is 5. The van der Waals surface area contributed by atoms with Gasteiger partial charge in [-0.15, -0.1) is 0 Å². The Labute approximate surface area is 232 Å². The van der Waals surface area contributed by atoms with Gasteiger partial charge in [0, 0.05) is 6.42 Å². The zero-order valence-electron chi connectivity index (χ0n) is 24.7. The van der Waals surface area contributed by atoms with Crippen LogP contribution in [-0.4, -0.2) is 12.3 Å². The minimum absolute atomic E-state index is 0.0504. The van der Waals surface area contributed by atoms with Gasteiger partial charge in [-0.05, 0) is 96.8 Å². The molecule has 8 atom stereocenters. The minimum Gasteiger partial charge on any atom is -0.431 e. The molecular weight excluding hydrogens is 468 g/mol. The molecule has 210 valence electrons.